The fraction of sp³-hybridized carbons (Fsp3) is 0.800. The van der Waals surface area contributed by atoms with E-state index in [4.69, 9.17) is 0 Å². The Balaban J connectivity index is 5.51. The number of alkyl halides is 26. The summed E-state index contributed by atoms with van der Waals surface area (Å²) in [6.45, 7) is -4.74. The summed E-state index contributed by atoms with van der Waals surface area (Å²) in [6, 6.07) is 0. The van der Waals surface area contributed by atoms with Gasteiger partial charge in [0.25, 0.3) is 0 Å². The first-order valence-corrected chi connectivity index (χ1v) is 11.4. The molecule has 0 aromatic carbocycles. The molecule has 50 heavy (non-hydrogen) atoms. The number of carbonyl (C=O) groups excluding carboxylic acids is 2. The van der Waals surface area contributed by atoms with Gasteiger partial charge in [-0.15, -0.1) is 0 Å². The number of halogens is 26. The van der Waals surface area contributed by atoms with Gasteiger partial charge in [0.2, 0.25) is 0 Å². The first-order valence-electron chi connectivity index (χ1n) is 11.4. The van der Waals surface area contributed by atoms with Crippen LogP contribution in [-0.4, -0.2) is 96.7 Å². The molecule has 4 nitrogen and oxygen atoms in total. The lowest BCUT2D eigenvalue weighted by Gasteiger charge is -2.39. The quantitative estimate of drug-likeness (QED) is 0.0889. The average molecular weight is 808 g/mol. The number of rotatable bonds is 16. The fourth-order valence-electron chi connectivity index (χ4n) is 2.71. The second-order valence-corrected chi connectivity index (χ2v) is 9.17. The third kappa shape index (κ3) is 7.70. The highest BCUT2D eigenvalue weighted by atomic mass is 19.4. The van der Waals surface area contributed by atoms with Crippen LogP contribution in [0.3, 0.4) is 0 Å². The van der Waals surface area contributed by atoms with Crippen LogP contribution in [0.4, 0.5) is 114 Å². The van der Waals surface area contributed by atoms with Gasteiger partial charge in [0, 0.05) is 12.2 Å². The van der Waals surface area contributed by atoms with E-state index in [0.29, 0.717) is 0 Å². The van der Waals surface area contributed by atoms with Gasteiger partial charge in [-0.1, -0.05) is 0 Å². The lowest BCUT2D eigenvalue weighted by molar-refractivity contribution is -0.440. The predicted molar refractivity (Wildman–Crippen MR) is 102 cm³/mol. The molecule has 0 unspecified atom stereocenters. The lowest BCUT2D eigenvalue weighted by Crippen LogP contribution is -2.70. The number of esters is 2. The number of hydrogen-bond acceptors (Lipinski definition) is 4. The molecule has 296 valence electrons. The van der Waals surface area contributed by atoms with Gasteiger partial charge < -0.3 is 9.47 Å². The monoisotopic (exact) mass is 808 g/mol. The minimum absolute atomic E-state index is 0.466. The van der Waals surface area contributed by atoms with Crippen molar-refractivity contribution in [1.82, 2.24) is 0 Å². The molecule has 30 heteroatoms. The van der Waals surface area contributed by atoms with Crippen LogP contribution in [0, 0.1) is 0 Å². The molecule has 0 N–H and O–H groups in total. The smallest absolute Gasteiger partial charge is 0.460 e. The van der Waals surface area contributed by atoms with Crippen molar-refractivity contribution in [2.45, 2.75) is 84.4 Å². The largest absolute Gasteiger partial charge is 0.462 e. The third-order valence-corrected chi connectivity index (χ3v) is 5.67. The normalized spacial score (nSPS) is 15.8. The van der Waals surface area contributed by atoms with Crippen molar-refractivity contribution >= 4 is 11.9 Å². The number of hydrogen-bond donors (Lipinski definition) is 0. The summed E-state index contributed by atoms with van der Waals surface area (Å²) in [5.74, 6) is -82.6. The summed E-state index contributed by atoms with van der Waals surface area (Å²) in [7, 11) is 0. The van der Waals surface area contributed by atoms with Gasteiger partial charge >= 0.3 is 83.5 Å². The molecule has 0 aliphatic heterocycles. The van der Waals surface area contributed by atoms with E-state index in [9.17, 15) is 124 Å². The Morgan fingerprint density at radius 2 is 0.540 bits per heavy atom. The number of ether oxygens (including phenoxy) is 2. The molecule has 0 bridgehead atoms. The number of carbonyl (C=O) groups is 2. The highest BCUT2D eigenvalue weighted by Gasteiger charge is 2.92. The molecular weight excluding hydrogens is 798 g/mol. The Bertz CT molecular complexity index is 1150. The third-order valence-electron chi connectivity index (χ3n) is 5.67. The van der Waals surface area contributed by atoms with Crippen LogP contribution in [0.1, 0.15) is 12.8 Å². The predicted octanol–water partition coefficient (Wildman–Crippen LogP) is 8.89. The summed E-state index contributed by atoms with van der Waals surface area (Å²) >= 11 is 0. The molecule has 0 aromatic rings. The van der Waals surface area contributed by atoms with Crippen molar-refractivity contribution in [3.8, 4) is 0 Å². The van der Waals surface area contributed by atoms with E-state index in [1.807, 2.05) is 0 Å². The summed E-state index contributed by atoms with van der Waals surface area (Å²) in [6.07, 6.45) is -22.5. The molecule has 0 heterocycles. The van der Waals surface area contributed by atoms with Gasteiger partial charge in [-0.2, -0.15) is 114 Å². The zero-order valence-corrected chi connectivity index (χ0v) is 22.4. The Labute approximate surface area is 256 Å². The summed E-state index contributed by atoms with van der Waals surface area (Å²) in [5, 5.41) is 0. The highest BCUT2D eigenvalue weighted by Crippen LogP contribution is 2.62. The van der Waals surface area contributed by atoms with Crippen molar-refractivity contribution in [2.24, 2.45) is 0 Å². The zero-order valence-electron chi connectivity index (χ0n) is 22.4. The summed E-state index contributed by atoms with van der Waals surface area (Å²) in [5.41, 5.74) is 0. The summed E-state index contributed by atoms with van der Waals surface area (Å²) < 4.78 is 345. The van der Waals surface area contributed by atoms with Crippen LogP contribution in [-0.2, 0) is 19.1 Å². The molecule has 0 spiro atoms. The van der Waals surface area contributed by atoms with Crippen LogP contribution in [0.25, 0.3) is 0 Å². The molecule has 0 aliphatic rings. The van der Waals surface area contributed by atoms with E-state index in [1.165, 1.54) is 0 Å². The van der Waals surface area contributed by atoms with Gasteiger partial charge in [-0.3, -0.25) is 0 Å². The Morgan fingerprint density at radius 1 is 0.340 bits per heavy atom. The minimum atomic E-state index is -8.25. The summed E-state index contributed by atoms with van der Waals surface area (Å²) in [4.78, 5) is 22.5. The van der Waals surface area contributed by atoms with Gasteiger partial charge in [0.15, 0.2) is 0 Å². The van der Waals surface area contributed by atoms with Gasteiger partial charge in [-0.25, -0.2) is 9.59 Å². The minimum Gasteiger partial charge on any atom is -0.462 e. The maximum Gasteiger partial charge on any atom is 0.460 e. The SMILES string of the molecule is O=C(C=CC(=O)OCCC(F)(F)C(F)(F)C(F)(F)C(F)(F)C(F)(F)C(F)(F)F)OCCC(F)(F)C(F)(F)C(F)(F)C(F)(F)C(F)(F)C(F)(F)F. The van der Waals surface area contributed by atoms with Crippen molar-refractivity contribution in [1.29, 1.82) is 0 Å². The van der Waals surface area contributed by atoms with E-state index in [1.54, 1.807) is 0 Å². The first-order chi connectivity index (χ1) is 21.5. The molecule has 0 aliphatic carbocycles. The fourth-order valence-corrected chi connectivity index (χ4v) is 2.71. The molecule has 0 saturated heterocycles. The van der Waals surface area contributed by atoms with Gasteiger partial charge in [0.1, 0.15) is 0 Å². The van der Waals surface area contributed by atoms with Crippen molar-refractivity contribution in [3.63, 3.8) is 0 Å². The molecule has 0 rings (SSSR count). The molecule has 0 atom stereocenters. The first kappa shape index (κ1) is 46.9. The molecular formula is C20H10F26O4. The van der Waals surface area contributed by atoms with Gasteiger partial charge in [-0.05, 0) is 0 Å². The lowest BCUT2D eigenvalue weighted by atomic mass is 9.93. The highest BCUT2D eigenvalue weighted by molar-refractivity contribution is 5.91. The molecule has 0 fully saturated rings. The van der Waals surface area contributed by atoms with Crippen LogP contribution in [0.2, 0.25) is 0 Å². The zero-order chi connectivity index (χ0) is 40.8. The molecule has 0 aromatic heterocycles. The van der Waals surface area contributed by atoms with E-state index < -0.39 is 122 Å². The van der Waals surface area contributed by atoms with Crippen molar-refractivity contribution in [3.05, 3.63) is 12.2 Å². The second kappa shape index (κ2) is 13.4. The van der Waals surface area contributed by atoms with E-state index in [2.05, 4.69) is 9.47 Å². The van der Waals surface area contributed by atoms with Gasteiger partial charge in [0.05, 0.1) is 26.1 Å². The average Bonchev–Trinajstić information content (AvgIpc) is 2.89. The Kier molecular flexibility index (Phi) is 12.6. The topological polar surface area (TPSA) is 52.6 Å². The maximum absolute atomic E-state index is 13.6. The van der Waals surface area contributed by atoms with E-state index in [-0.39, 0.29) is 0 Å². The van der Waals surface area contributed by atoms with Crippen LogP contribution < -0.4 is 0 Å². The molecule has 0 amide bonds. The Morgan fingerprint density at radius 3 is 0.740 bits per heavy atom. The standard InChI is InChI=1S/C20H10F26O4/c21-9(22,11(25,26)13(29,30)15(33,34)17(37,38)19(41,42)43)3-5-49-7(47)1-2-8(48)50-6-4-10(23,24)12(27,28)14(31,32)16(35,36)18(39,40)20(44,45)46/h1-2H,3-6H2. The van der Waals surface area contributed by atoms with Crippen molar-refractivity contribution < 1.29 is 133 Å². The van der Waals surface area contributed by atoms with Crippen LogP contribution in [0.5, 0.6) is 0 Å². The van der Waals surface area contributed by atoms with E-state index in [0.717, 1.165) is 0 Å². The Hall–Kier alpha value is -3.14. The van der Waals surface area contributed by atoms with E-state index >= 15 is 0 Å². The molecule has 0 saturated carbocycles. The van der Waals surface area contributed by atoms with Crippen LogP contribution in [0.15, 0.2) is 12.2 Å². The van der Waals surface area contributed by atoms with Crippen LogP contribution >= 0.6 is 0 Å². The second-order valence-electron chi connectivity index (χ2n) is 9.17. The maximum atomic E-state index is 13.6. The van der Waals surface area contributed by atoms with Crippen molar-refractivity contribution in [2.75, 3.05) is 13.2 Å². The molecule has 0 radical (unpaired) electrons.